The van der Waals surface area contributed by atoms with Gasteiger partial charge in [-0.25, -0.2) is 0 Å². The molecule has 2 nitrogen and oxygen atoms in total. The fourth-order valence-corrected chi connectivity index (χ4v) is 2.59. The van der Waals surface area contributed by atoms with E-state index >= 15 is 0 Å². The number of rotatable bonds is 0. The minimum absolute atomic E-state index is 0.203. The average Bonchev–Trinajstić information content (AvgIpc) is 2.20. The zero-order valence-corrected chi connectivity index (χ0v) is 6.64. The van der Waals surface area contributed by atoms with Gasteiger partial charge < -0.3 is 10.6 Å². The van der Waals surface area contributed by atoms with E-state index in [-0.39, 0.29) is 5.54 Å². The van der Waals surface area contributed by atoms with Crippen molar-refractivity contribution in [3.05, 3.63) is 0 Å². The van der Waals surface area contributed by atoms with E-state index in [2.05, 4.69) is 11.9 Å². The maximum absolute atomic E-state index is 6.21. The third kappa shape index (κ3) is 0.789. The largest absolute Gasteiger partial charge is 0.324 e. The molecule has 0 amide bonds. The van der Waals surface area contributed by atoms with E-state index in [0.29, 0.717) is 0 Å². The number of likely N-dealkylation sites (tertiary alicyclic amines) is 1. The van der Waals surface area contributed by atoms with Crippen LogP contribution in [0, 0.1) is 5.92 Å². The van der Waals surface area contributed by atoms with Crippen LogP contribution in [0.4, 0.5) is 0 Å². The Hall–Kier alpha value is -0.0800. The number of nitrogens with two attached hydrogens (primary N) is 1. The summed E-state index contributed by atoms with van der Waals surface area (Å²) in [6.07, 6.45) is 3.97. The van der Waals surface area contributed by atoms with Crippen molar-refractivity contribution < 1.29 is 0 Å². The van der Waals surface area contributed by atoms with Gasteiger partial charge in [0, 0.05) is 18.6 Å². The summed E-state index contributed by atoms with van der Waals surface area (Å²) in [5.41, 5.74) is 6.42. The lowest BCUT2D eigenvalue weighted by atomic mass is 9.92. The molecule has 1 aliphatic heterocycles. The first-order valence-corrected chi connectivity index (χ1v) is 4.18. The quantitative estimate of drug-likeness (QED) is 0.528. The van der Waals surface area contributed by atoms with E-state index < -0.39 is 0 Å². The van der Waals surface area contributed by atoms with Gasteiger partial charge in [0.15, 0.2) is 0 Å². The Labute approximate surface area is 62.4 Å². The molecule has 2 fully saturated rings. The van der Waals surface area contributed by atoms with Crippen LogP contribution in [0.15, 0.2) is 0 Å². The molecule has 1 saturated carbocycles. The highest BCUT2D eigenvalue weighted by molar-refractivity contribution is 5.03. The van der Waals surface area contributed by atoms with Crippen LogP contribution >= 0.6 is 0 Å². The van der Waals surface area contributed by atoms with Gasteiger partial charge in [0.05, 0.1) is 0 Å². The molecule has 2 rings (SSSR count). The summed E-state index contributed by atoms with van der Waals surface area (Å²) in [6, 6.07) is 0. The summed E-state index contributed by atoms with van der Waals surface area (Å²) in [5.74, 6) is 0.803. The summed E-state index contributed by atoms with van der Waals surface area (Å²) in [5, 5.41) is 0. The molecule has 0 aromatic carbocycles. The molecule has 2 heteroatoms. The monoisotopic (exact) mass is 140 g/mol. The van der Waals surface area contributed by atoms with Crippen molar-refractivity contribution in [3.8, 4) is 0 Å². The first-order chi connectivity index (χ1) is 4.71. The van der Waals surface area contributed by atoms with Crippen molar-refractivity contribution in [1.29, 1.82) is 0 Å². The van der Waals surface area contributed by atoms with Crippen LogP contribution in [0.3, 0.4) is 0 Å². The normalized spacial score (nSPS) is 48.0. The number of likely N-dealkylation sites (N-methyl/N-ethyl adjacent to an activating group) is 1. The number of nitrogens with zero attached hydrogens (tertiary/aromatic N) is 1. The van der Waals surface area contributed by atoms with E-state index in [0.717, 1.165) is 12.5 Å². The summed E-state index contributed by atoms with van der Waals surface area (Å²) < 4.78 is 0. The molecule has 0 aromatic rings. The summed E-state index contributed by atoms with van der Waals surface area (Å²) >= 11 is 0. The van der Waals surface area contributed by atoms with E-state index in [1.807, 2.05) is 0 Å². The lowest BCUT2D eigenvalue weighted by molar-refractivity contribution is 0.361. The highest BCUT2D eigenvalue weighted by atomic mass is 15.2. The fourth-order valence-electron chi connectivity index (χ4n) is 2.59. The Kier molecular flexibility index (Phi) is 1.29. The van der Waals surface area contributed by atoms with E-state index in [9.17, 15) is 0 Å². The lowest BCUT2D eigenvalue weighted by Crippen LogP contribution is -2.43. The van der Waals surface area contributed by atoms with Crippen molar-refractivity contribution in [2.75, 3.05) is 20.1 Å². The highest BCUT2D eigenvalue weighted by Gasteiger charge is 2.45. The molecular formula is C8H16N2. The van der Waals surface area contributed by atoms with Crippen molar-refractivity contribution in [3.63, 3.8) is 0 Å². The Balaban J connectivity index is 2.15. The van der Waals surface area contributed by atoms with Gasteiger partial charge in [0.1, 0.15) is 0 Å². The van der Waals surface area contributed by atoms with Crippen LogP contribution in [0.1, 0.15) is 19.3 Å². The summed E-state index contributed by atoms with van der Waals surface area (Å²) in [6.45, 7) is 2.36. The van der Waals surface area contributed by atoms with Crippen LogP contribution in [0.5, 0.6) is 0 Å². The topological polar surface area (TPSA) is 29.3 Å². The van der Waals surface area contributed by atoms with E-state index in [1.165, 1.54) is 25.8 Å². The molecule has 0 spiro atoms. The Morgan fingerprint density at radius 1 is 1.60 bits per heavy atom. The number of hydrogen-bond acceptors (Lipinski definition) is 2. The molecule has 0 radical (unpaired) electrons. The SMILES string of the molecule is CN1C[C@H]2CCC[C@@]2(N)C1. The molecule has 0 bridgehead atoms. The third-order valence-electron chi connectivity index (χ3n) is 3.10. The Morgan fingerprint density at radius 3 is 3.10 bits per heavy atom. The molecule has 2 atom stereocenters. The molecule has 10 heavy (non-hydrogen) atoms. The predicted molar refractivity (Wildman–Crippen MR) is 41.8 cm³/mol. The lowest BCUT2D eigenvalue weighted by Gasteiger charge is -2.22. The maximum atomic E-state index is 6.21. The first-order valence-electron chi connectivity index (χ1n) is 4.18. The molecule has 0 aromatic heterocycles. The van der Waals surface area contributed by atoms with E-state index in [4.69, 9.17) is 5.73 Å². The molecule has 2 N–H and O–H groups in total. The van der Waals surface area contributed by atoms with Gasteiger partial charge in [-0.05, 0) is 25.8 Å². The second kappa shape index (κ2) is 1.95. The van der Waals surface area contributed by atoms with Crippen LogP contribution in [0.25, 0.3) is 0 Å². The molecular weight excluding hydrogens is 124 g/mol. The van der Waals surface area contributed by atoms with Gasteiger partial charge in [-0.2, -0.15) is 0 Å². The first kappa shape index (κ1) is 6.62. The minimum atomic E-state index is 0.203. The molecule has 1 heterocycles. The summed E-state index contributed by atoms with van der Waals surface area (Å²) in [7, 11) is 2.17. The van der Waals surface area contributed by atoms with Gasteiger partial charge in [0.2, 0.25) is 0 Å². The smallest absolute Gasteiger partial charge is 0.0324 e. The number of hydrogen-bond donors (Lipinski definition) is 1. The fraction of sp³-hybridized carbons (Fsp3) is 1.00. The maximum Gasteiger partial charge on any atom is 0.0324 e. The van der Waals surface area contributed by atoms with Gasteiger partial charge in [-0.1, -0.05) is 6.42 Å². The van der Waals surface area contributed by atoms with Crippen molar-refractivity contribution >= 4 is 0 Å². The molecule has 1 saturated heterocycles. The standard InChI is InChI=1S/C8H16N2/c1-10-5-7-3-2-4-8(7,9)6-10/h7H,2-6,9H2,1H3/t7-,8-/m1/s1. The third-order valence-corrected chi connectivity index (χ3v) is 3.10. The van der Waals surface area contributed by atoms with E-state index in [1.54, 1.807) is 0 Å². The molecule has 2 aliphatic rings. The van der Waals surface area contributed by atoms with Crippen LogP contribution < -0.4 is 5.73 Å². The zero-order valence-electron chi connectivity index (χ0n) is 6.64. The molecule has 58 valence electrons. The van der Waals surface area contributed by atoms with Gasteiger partial charge >= 0.3 is 0 Å². The minimum Gasteiger partial charge on any atom is -0.324 e. The van der Waals surface area contributed by atoms with Crippen molar-refractivity contribution in [2.45, 2.75) is 24.8 Å². The van der Waals surface area contributed by atoms with Crippen LogP contribution in [-0.2, 0) is 0 Å². The predicted octanol–water partition coefficient (Wildman–Crippen LogP) is 0.429. The van der Waals surface area contributed by atoms with Crippen LogP contribution in [0.2, 0.25) is 0 Å². The van der Waals surface area contributed by atoms with Gasteiger partial charge in [0.25, 0.3) is 0 Å². The molecule has 1 aliphatic carbocycles. The van der Waals surface area contributed by atoms with Gasteiger partial charge in [-0.3, -0.25) is 0 Å². The van der Waals surface area contributed by atoms with Crippen molar-refractivity contribution in [2.24, 2.45) is 11.7 Å². The van der Waals surface area contributed by atoms with Crippen LogP contribution in [-0.4, -0.2) is 30.6 Å². The Morgan fingerprint density at radius 2 is 2.40 bits per heavy atom. The zero-order chi connectivity index (χ0) is 7.19. The second-order valence-electron chi connectivity index (χ2n) is 4.02. The number of fused-ring (bicyclic) bond motifs is 1. The molecule has 0 unspecified atom stereocenters. The second-order valence-corrected chi connectivity index (χ2v) is 4.02. The van der Waals surface area contributed by atoms with Crippen molar-refractivity contribution in [1.82, 2.24) is 4.90 Å². The van der Waals surface area contributed by atoms with Gasteiger partial charge in [-0.15, -0.1) is 0 Å². The summed E-state index contributed by atoms with van der Waals surface area (Å²) in [4.78, 5) is 2.36. The highest BCUT2D eigenvalue weighted by Crippen LogP contribution is 2.38. The average molecular weight is 140 g/mol. The Bertz CT molecular complexity index is 146.